The number of thiazole rings is 1. The molecule has 10 heteroatoms. The molecule has 2 N–H and O–H groups in total. The van der Waals surface area contributed by atoms with Crippen LogP contribution in [0.4, 0.5) is 5.95 Å². The molecule has 2 unspecified atom stereocenters. The molecule has 160 valence electrons. The third kappa shape index (κ3) is 2.99. The molecule has 2 fully saturated rings. The highest BCUT2D eigenvalue weighted by molar-refractivity contribution is 7.19. The fourth-order valence-electron chi connectivity index (χ4n) is 4.69. The number of aromatic amines is 1. The minimum absolute atomic E-state index is 0.0900. The standard InChI is InChI=1S/C21H21ClN6O2S/c1-10-24-15-4-3-13(17(22)18(15)31-10)14-5-23-19-16(14)20(29)27(2)21(26-19)28-6-11-8-30-9-12(7-28)25-11/h3-5,11-12,23,25H,6-9H2,1-2H3. The zero-order valence-electron chi connectivity index (χ0n) is 17.1. The Kier molecular flexibility index (Phi) is 4.36. The molecule has 1 aromatic carbocycles. The van der Waals surface area contributed by atoms with Crippen LogP contribution in [-0.4, -0.2) is 57.9 Å². The Morgan fingerprint density at radius 2 is 1.97 bits per heavy atom. The quantitative estimate of drug-likeness (QED) is 0.482. The number of H-pyrrole nitrogens is 1. The van der Waals surface area contributed by atoms with Gasteiger partial charge < -0.3 is 19.9 Å². The average Bonchev–Trinajstić information content (AvgIpc) is 3.34. The molecule has 0 amide bonds. The molecule has 2 aliphatic heterocycles. The lowest BCUT2D eigenvalue weighted by Gasteiger charge is -2.42. The Hall–Kier alpha value is -2.46. The summed E-state index contributed by atoms with van der Waals surface area (Å²) in [5.74, 6) is 0.670. The highest BCUT2D eigenvalue weighted by atomic mass is 35.5. The van der Waals surface area contributed by atoms with Crippen molar-refractivity contribution in [1.82, 2.24) is 24.8 Å². The zero-order chi connectivity index (χ0) is 21.3. The molecule has 0 radical (unpaired) electrons. The Bertz CT molecular complexity index is 1380. The third-order valence-electron chi connectivity index (χ3n) is 6.06. The predicted octanol–water partition coefficient (Wildman–Crippen LogP) is 2.68. The molecule has 8 nitrogen and oxygen atoms in total. The van der Waals surface area contributed by atoms with E-state index in [2.05, 4.69) is 20.2 Å². The number of rotatable bonds is 2. The Balaban J connectivity index is 1.48. The first-order chi connectivity index (χ1) is 15.0. The van der Waals surface area contributed by atoms with Gasteiger partial charge in [-0.25, -0.2) is 4.98 Å². The number of hydrogen-bond acceptors (Lipinski definition) is 7. The number of anilines is 1. The van der Waals surface area contributed by atoms with Gasteiger partial charge in [-0.2, -0.15) is 4.98 Å². The van der Waals surface area contributed by atoms with Crippen molar-refractivity contribution in [2.45, 2.75) is 19.0 Å². The van der Waals surface area contributed by atoms with E-state index in [4.69, 9.17) is 21.3 Å². The van der Waals surface area contributed by atoms with Crippen molar-refractivity contribution in [2.24, 2.45) is 7.05 Å². The Morgan fingerprint density at radius 3 is 2.74 bits per heavy atom. The van der Waals surface area contributed by atoms with Crippen molar-refractivity contribution in [3.05, 3.63) is 38.7 Å². The lowest BCUT2D eigenvalue weighted by Crippen LogP contribution is -2.63. The van der Waals surface area contributed by atoms with Crippen LogP contribution in [0.5, 0.6) is 0 Å². The first kappa shape index (κ1) is 19.2. The molecule has 6 rings (SSSR count). The van der Waals surface area contributed by atoms with E-state index in [0.29, 0.717) is 35.2 Å². The van der Waals surface area contributed by atoms with E-state index in [1.165, 1.54) is 0 Å². The van der Waals surface area contributed by atoms with Gasteiger partial charge >= 0.3 is 0 Å². The summed E-state index contributed by atoms with van der Waals surface area (Å²) in [6, 6.07) is 4.37. The van der Waals surface area contributed by atoms with Crippen molar-refractivity contribution in [2.75, 3.05) is 31.2 Å². The zero-order valence-corrected chi connectivity index (χ0v) is 18.7. The molecule has 31 heavy (non-hydrogen) atoms. The van der Waals surface area contributed by atoms with Gasteiger partial charge in [0.2, 0.25) is 5.95 Å². The average molecular weight is 457 g/mol. The molecule has 3 aromatic heterocycles. The molecular weight excluding hydrogens is 436 g/mol. The number of nitrogens with one attached hydrogen (secondary N) is 2. The van der Waals surface area contributed by atoms with Gasteiger partial charge in [-0.3, -0.25) is 9.36 Å². The lowest BCUT2D eigenvalue weighted by molar-refractivity contribution is 0.0371. The van der Waals surface area contributed by atoms with Gasteiger partial charge in [0.15, 0.2) is 0 Å². The fourth-order valence-corrected chi connectivity index (χ4v) is 5.92. The van der Waals surface area contributed by atoms with Crippen molar-refractivity contribution in [1.29, 1.82) is 0 Å². The monoisotopic (exact) mass is 456 g/mol. The maximum atomic E-state index is 13.5. The number of piperazine rings is 1. The van der Waals surface area contributed by atoms with E-state index in [-0.39, 0.29) is 17.6 Å². The van der Waals surface area contributed by atoms with Crippen LogP contribution >= 0.6 is 22.9 Å². The summed E-state index contributed by atoms with van der Waals surface area (Å²) in [5.41, 5.74) is 2.93. The summed E-state index contributed by atoms with van der Waals surface area (Å²) in [6.45, 7) is 4.82. The van der Waals surface area contributed by atoms with E-state index in [1.807, 2.05) is 25.3 Å². The molecular formula is C21H21ClN6O2S. The van der Waals surface area contributed by atoms with Gasteiger partial charge in [0, 0.05) is 49.5 Å². The summed E-state index contributed by atoms with van der Waals surface area (Å²) < 4.78 is 8.22. The Labute approximate surface area is 186 Å². The minimum atomic E-state index is -0.0900. The second-order valence-electron chi connectivity index (χ2n) is 8.21. The Morgan fingerprint density at radius 1 is 1.19 bits per heavy atom. The van der Waals surface area contributed by atoms with Crippen LogP contribution in [0.3, 0.4) is 0 Å². The number of aromatic nitrogens is 4. The van der Waals surface area contributed by atoms with Crippen LogP contribution in [-0.2, 0) is 11.8 Å². The molecule has 5 heterocycles. The van der Waals surface area contributed by atoms with Gasteiger partial charge in [0.1, 0.15) is 5.65 Å². The molecule has 0 aliphatic carbocycles. The summed E-state index contributed by atoms with van der Waals surface area (Å²) in [4.78, 5) is 28.2. The van der Waals surface area contributed by atoms with Gasteiger partial charge in [0.25, 0.3) is 5.56 Å². The summed E-state index contributed by atoms with van der Waals surface area (Å²) in [6.07, 6.45) is 1.82. The van der Waals surface area contributed by atoms with E-state index in [0.717, 1.165) is 39.4 Å². The van der Waals surface area contributed by atoms with Crippen molar-refractivity contribution in [3.63, 3.8) is 0 Å². The van der Waals surface area contributed by atoms with Crippen LogP contribution in [0, 0.1) is 6.92 Å². The van der Waals surface area contributed by atoms with Crippen molar-refractivity contribution in [3.8, 4) is 11.1 Å². The smallest absolute Gasteiger partial charge is 0.264 e. The maximum Gasteiger partial charge on any atom is 0.264 e. The van der Waals surface area contributed by atoms with Gasteiger partial charge in [0.05, 0.1) is 38.8 Å². The number of morpholine rings is 1. The molecule has 2 atom stereocenters. The SMILES string of the molecule is Cc1nc2ccc(-c3c[nH]c4nc(N5CC6COCC(C5)N6)n(C)c(=O)c34)c(Cl)c2s1. The van der Waals surface area contributed by atoms with Gasteiger partial charge in [-0.1, -0.05) is 17.7 Å². The van der Waals surface area contributed by atoms with Gasteiger partial charge in [-0.05, 0) is 13.0 Å². The fraction of sp³-hybridized carbons (Fsp3) is 0.381. The van der Waals surface area contributed by atoms with E-state index in [9.17, 15) is 4.79 Å². The first-order valence-corrected chi connectivity index (χ1v) is 11.4. The minimum Gasteiger partial charge on any atom is -0.378 e. The second-order valence-corrected chi connectivity index (χ2v) is 9.79. The topological polar surface area (TPSA) is 88.1 Å². The maximum absolute atomic E-state index is 13.5. The van der Waals surface area contributed by atoms with Crippen LogP contribution in [0.1, 0.15) is 5.01 Å². The molecule has 2 bridgehead atoms. The summed E-state index contributed by atoms with van der Waals surface area (Å²) in [5, 5.41) is 5.69. The second kappa shape index (κ2) is 7.03. The molecule has 2 saturated heterocycles. The highest BCUT2D eigenvalue weighted by Gasteiger charge is 2.32. The highest BCUT2D eigenvalue weighted by Crippen LogP contribution is 2.39. The van der Waals surface area contributed by atoms with Crippen LogP contribution < -0.4 is 15.8 Å². The van der Waals surface area contributed by atoms with E-state index in [1.54, 1.807) is 23.0 Å². The number of halogens is 1. The normalized spacial score (nSPS) is 21.3. The van der Waals surface area contributed by atoms with Crippen LogP contribution in [0.25, 0.3) is 32.4 Å². The summed E-state index contributed by atoms with van der Waals surface area (Å²) >= 11 is 8.30. The molecule has 4 aromatic rings. The van der Waals surface area contributed by atoms with E-state index < -0.39 is 0 Å². The first-order valence-electron chi connectivity index (χ1n) is 10.2. The number of hydrogen-bond donors (Lipinski definition) is 2. The number of ether oxygens (including phenoxy) is 1. The number of fused-ring (bicyclic) bond motifs is 4. The van der Waals surface area contributed by atoms with Gasteiger partial charge in [-0.15, -0.1) is 11.3 Å². The van der Waals surface area contributed by atoms with Crippen molar-refractivity contribution >= 4 is 50.1 Å². The number of aryl methyl sites for hydroxylation is 1. The van der Waals surface area contributed by atoms with Crippen molar-refractivity contribution < 1.29 is 4.74 Å². The van der Waals surface area contributed by atoms with Crippen LogP contribution in [0.2, 0.25) is 5.02 Å². The summed E-state index contributed by atoms with van der Waals surface area (Å²) in [7, 11) is 1.78. The third-order valence-corrected chi connectivity index (χ3v) is 7.57. The molecule has 0 saturated carbocycles. The van der Waals surface area contributed by atoms with Crippen LogP contribution in [0.15, 0.2) is 23.1 Å². The molecule has 0 spiro atoms. The largest absolute Gasteiger partial charge is 0.378 e. The lowest BCUT2D eigenvalue weighted by atomic mass is 10.1. The van der Waals surface area contributed by atoms with E-state index >= 15 is 0 Å². The number of nitrogens with zero attached hydrogens (tertiary/aromatic N) is 4. The predicted molar refractivity (Wildman–Crippen MR) is 123 cm³/mol. The number of benzene rings is 1. The molecule has 2 aliphatic rings.